The number of hydrogen-bond acceptors (Lipinski definition) is 7. The van der Waals surface area contributed by atoms with E-state index in [1.165, 1.54) is 36.9 Å². The van der Waals surface area contributed by atoms with E-state index >= 15 is 4.39 Å². The molecule has 5 rings (SSSR count). The molecule has 0 unspecified atom stereocenters. The maximum absolute atomic E-state index is 15.2. The number of carbonyl (C=O) groups is 1. The van der Waals surface area contributed by atoms with E-state index < -0.39 is 11.6 Å². The van der Waals surface area contributed by atoms with Crippen molar-refractivity contribution in [2.45, 2.75) is 6.92 Å². The number of halogens is 2. The maximum atomic E-state index is 15.2. The second-order valence-corrected chi connectivity index (χ2v) is 8.18. The van der Waals surface area contributed by atoms with Gasteiger partial charge in [-0.05, 0) is 36.4 Å². The summed E-state index contributed by atoms with van der Waals surface area (Å²) < 4.78 is 35.2. The zero-order chi connectivity index (χ0) is 24.7. The van der Waals surface area contributed by atoms with E-state index in [0.29, 0.717) is 49.0 Å². The van der Waals surface area contributed by atoms with Gasteiger partial charge in [0.15, 0.2) is 5.65 Å². The lowest BCUT2D eigenvalue weighted by Gasteiger charge is -2.34. The number of rotatable bonds is 4. The fourth-order valence-corrected chi connectivity index (χ4v) is 4.15. The van der Waals surface area contributed by atoms with Crippen molar-refractivity contribution >= 4 is 28.7 Å². The Morgan fingerprint density at radius 1 is 1.03 bits per heavy atom. The van der Waals surface area contributed by atoms with Crippen LogP contribution in [0.5, 0.6) is 5.75 Å². The van der Waals surface area contributed by atoms with Crippen molar-refractivity contribution in [2.75, 3.05) is 43.9 Å². The molecule has 9 nitrogen and oxygen atoms in total. The van der Waals surface area contributed by atoms with Crippen LogP contribution in [0.15, 0.2) is 42.5 Å². The molecule has 0 radical (unpaired) electrons. The van der Waals surface area contributed by atoms with E-state index in [1.54, 1.807) is 29.2 Å². The molecule has 35 heavy (non-hydrogen) atoms. The maximum Gasteiger partial charge on any atom is 0.228 e. The highest BCUT2D eigenvalue weighted by molar-refractivity contribution is 5.99. The predicted molar refractivity (Wildman–Crippen MR) is 127 cm³/mol. The minimum atomic E-state index is -0.536. The summed E-state index contributed by atoms with van der Waals surface area (Å²) >= 11 is 0. The molecule has 0 saturated carbocycles. The van der Waals surface area contributed by atoms with Gasteiger partial charge >= 0.3 is 0 Å². The SMILES string of the molecule is COc1ccc(-c2nc(N3CCN(C(C)=O)CC3)nc3nn(-c4ccc(F)cc4)c(N)c23)c(F)c1. The average Bonchev–Trinajstić information content (AvgIpc) is 3.20. The molecule has 1 aliphatic rings. The smallest absolute Gasteiger partial charge is 0.228 e. The van der Waals surface area contributed by atoms with Crippen molar-refractivity contribution in [3.05, 3.63) is 54.1 Å². The molecule has 0 spiro atoms. The van der Waals surface area contributed by atoms with Gasteiger partial charge in [-0.25, -0.2) is 18.4 Å². The fourth-order valence-electron chi connectivity index (χ4n) is 4.15. The molecule has 0 atom stereocenters. The van der Waals surface area contributed by atoms with Crippen molar-refractivity contribution in [1.82, 2.24) is 24.6 Å². The van der Waals surface area contributed by atoms with Gasteiger partial charge < -0.3 is 20.3 Å². The minimum Gasteiger partial charge on any atom is -0.497 e. The van der Waals surface area contributed by atoms with Gasteiger partial charge in [0, 0.05) is 44.7 Å². The van der Waals surface area contributed by atoms with E-state index in [2.05, 4.69) is 10.1 Å². The lowest BCUT2D eigenvalue weighted by atomic mass is 10.1. The van der Waals surface area contributed by atoms with E-state index in [-0.39, 0.29) is 28.6 Å². The highest BCUT2D eigenvalue weighted by Crippen LogP contribution is 2.35. The number of carbonyl (C=O) groups excluding carboxylic acids is 1. The van der Waals surface area contributed by atoms with Crippen LogP contribution in [-0.4, -0.2) is 63.8 Å². The Morgan fingerprint density at radius 3 is 2.37 bits per heavy atom. The molecule has 0 aliphatic carbocycles. The van der Waals surface area contributed by atoms with Gasteiger partial charge in [0.2, 0.25) is 11.9 Å². The van der Waals surface area contributed by atoms with Crippen LogP contribution in [0.3, 0.4) is 0 Å². The number of amides is 1. The number of benzene rings is 2. The van der Waals surface area contributed by atoms with Crippen LogP contribution in [0.1, 0.15) is 6.92 Å². The monoisotopic (exact) mass is 479 g/mol. The number of anilines is 2. The number of nitrogens with two attached hydrogens (primary N) is 1. The van der Waals surface area contributed by atoms with Crippen LogP contribution in [0, 0.1) is 11.6 Å². The number of ether oxygens (including phenoxy) is 1. The Bertz CT molecular complexity index is 1410. The molecule has 1 amide bonds. The summed E-state index contributed by atoms with van der Waals surface area (Å²) in [7, 11) is 1.46. The molecule has 180 valence electrons. The van der Waals surface area contributed by atoms with Crippen molar-refractivity contribution in [3.8, 4) is 22.7 Å². The zero-order valence-corrected chi connectivity index (χ0v) is 19.2. The molecule has 3 heterocycles. The second-order valence-electron chi connectivity index (χ2n) is 8.18. The highest BCUT2D eigenvalue weighted by Gasteiger charge is 2.25. The molecular weight excluding hydrogens is 456 g/mol. The number of methoxy groups -OCH3 is 1. The molecule has 2 aromatic heterocycles. The number of nitrogen functional groups attached to an aromatic ring is 1. The molecule has 4 aromatic rings. The molecule has 1 aliphatic heterocycles. The summed E-state index contributed by atoms with van der Waals surface area (Å²) in [6.07, 6.45) is 0. The second kappa shape index (κ2) is 8.82. The standard InChI is InChI=1S/C24H23F2N7O2/c1-14(34)31-9-11-32(12-10-31)24-28-21(18-8-7-17(35-2)13-19(18)26)20-22(27)33(30-23(20)29-24)16-5-3-15(25)4-6-16/h3-8,13H,9-12,27H2,1-2H3. The van der Waals surface area contributed by atoms with E-state index in [9.17, 15) is 9.18 Å². The lowest BCUT2D eigenvalue weighted by molar-refractivity contribution is -0.129. The largest absolute Gasteiger partial charge is 0.497 e. The van der Waals surface area contributed by atoms with Crippen LogP contribution in [0.2, 0.25) is 0 Å². The Morgan fingerprint density at radius 2 is 1.74 bits per heavy atom. The molecule has 1 fully saturated rings. The van der Waals surface area contributed by atoms with Crippen LogP contribution >= 0.6 is 0 Å². The third kappa shape index (κ3) is 4.09. The highest BCUT2D eigenvalue weighted by atomic mass is 19.1. The van der Waals surface area contributed by atoms with Crippen LogP contribution in [-0.2, 0) is 4.79 Å². The summed E-state index contributed by atoms with van der Waals surface area (Å²) in [6.45, 7) is 3.62. The van der Waals surface area contributed by atoms with Crippen LogP contribution in [0.4, 0.5) is 20.5 Å². The van der Waals surface area contributed by atoms with Gasteiger partial charge in [-0.3, -0.25) is 4.79 Å². The molecule has 2 N–H and O–H groups in total. The summed E-state index contributed by atoms with van der Waals surface area (Å²) in [5.41, 5.74) is 7.75. The minimum absolute atomic E-state index is 0.00725. The summed E-state index contributed by atoms with van der Waals surface area (Å²) in [6, 6.07) is 10.2. The lowest BCUT2D eigenvalue weighted by Crippen LogP contribution is -2.48. The Kier molecular flexibility index (Phi) is 5.67. The Labute approximate surface area is 199 Å². The third-order valence-corrected chi connectivity index (χ3v) is 6.07. The van der Waals surface area contributed by atoms with Crippen molar-refractivity contribution in [2.24, 2.45) is 0 Å². The van der Waals surface area contributed by atoms with E-state index in [1.807, 2.05) is 4.90 Å². The van der Waals surface area contributed by atoms with Crippen LogP contribution in [0.25, 0.3) is 28.0 Å². The number of nitrogens with zero attached hydrogens (tertiary/aromatic N) is 6. The van der Waals surface area contributed by atoms with Crippen molar-refractivity contribution in [3.63, 3.8) is 0 Å². The van der Waals surface area contributed by atoms with Gasteiger partial charge in [0.1, 0.15) is 23.2 Å². The number of fused-ring (bicyclic) bond motifs is 1. The number of hydrogen-bond donors (Lipinski definition) is 1. The summed E-state index contributed by atoms with van der Waals surface area (Å²) in [5.74, 6) is 0.00169. The Hall–Kier alpha value is -4.28. The quantitative estimate of drug-likeness (QED) is 0.480. The topological polar surface area (TPSA) is 102 Å². The molecule has 1 saturated heterocycles. The van der Waals surface area contributed by atoms with Gasteiger partial charge in [-0.2, -0.15) is 4.98 Å². The molecule has 2 aromatic carbocycles. The van der Waals surface area contributed by atoms with E-state index in [0.717, 1.165) is 0 Å². The third-order valence-electron chi connectivity index (χ3n) is 6.07. The van der Waals surface area contributed by atoms with Crippen molar-refractivity contribution < 1.29 is 18.3 Å². The summed E-state index contributed by atoms with van der Waals surface area (Å²) in [5, 5.41) is 4.92. The molecule has 0 bridgehead atoms. The van der Waals surface area contributed by atoms with Gasteiger partial charge in [0.25, 0.3) is 0 Å². The molecule has 11 heteroatoms. The zero-order valence-electron chi connectivity index (χ0n) is 19.2. The van der Waals surface area contributed by atoms with E-state index in [4.69, 9.17) is 15.5 Å². The van der Waals surface area contributed by atoms with Gasteiger partial charge in [0.05, 0.1) is 23.9 Å². The predicted octanol–water partition coefficient (Wildman–Crippen LogP) is 3.02. The first-order valence-electron chi connectivity index (χ1n) is 11.0. The first-order chi connectivity index (χ1) is 16.9. The average molecular weight is 479 g/mol. The molecular formula is C24H23F2N7O2. The fraction of sp³-hybridized carbons (Fsp3) is 0.250. The number of aromatic nitrogens is 4. The van der Waals surface area contributed by atoms with Gasteiger partial charge in [-0.1, -0.05) is 0 Å². The first kappa shape index (κ1) is 22.5. The number of piperazine rings is 1. The van der Waals surface area contributed by atoms with Crippen molar-refractivity contribution in [1.29, 1.82) is 0 Å². The Balaban J connectivity index is 1.67. The summed E-state index contributed by atoms with van der Waals surface area (Å²) in [4.78, 5) is 24.7. The normalized spacial score (nSPS) is 13.9. The first-order valence-corrected chi connectivity index (χ1v) is 11.0. The van der Waals surface area contributed by atoms with Gasteiger partial charge in [-0.15, -0.1) is 5.10 Å². The van der Waals surface area contributed by atoms with Crippen LogP contribution < -0.4 is 15.4 Å².